The Morgan fingerprint density at radius 2 is 1.78 bits per heavy atom. The molecule has 2 rings (SSSR count). The maximum atomic E-state index is 12.1. The van der Waals surface area contributed by atoms with Crippen molar-refractivity contribution in [1.82, 2.24) is 5.32 Å². The second kappa shape index (κ2) is 8.22. The van der Waals surface area contributed by atoms with E-state index in [1.54, 1.807) is 0 Å². The predicted molar refractivity (Wildman–Crippen MR) is 93.8 cm³/mol. The standard InChI is InChI=1S/C19H24N2O2/c1-14(2)13-23-18-7-5-4-6-17(18)21-19(22)20-12-16-10-8-15(3)9-11-16/h4-11,14H,12-13H2,1-3H3,(H2,20,21,22). The van der Waals surface area contributed by atoms with Gasteiger partial charge in [-0.05, 0) is 30.5 Å². The highest BCUT2D eigenvalue weighted by Crippen LogP contribution is 2.24. The monoisotopic (exact) mass is 312 g/mol. The molecule has 0 spiro atoms. The number of benzene rings is 2. The molecule has 0 atom stereocenters. The van der Waals surface area contributed by atoms with Crippen LogP contribution in [0.2, 0.25) is 0 Å². The van der Waals surface area contributed by atoms with Gasteiger partial charge in [-0.1, -0.05) is 55.8 Å². The van der Waals surface area contributed by atoms with E-state index in [2.05, 4.69) is 24.5 Å². The lowest BCUT2D eigenvalue weighted by atomic mass is 10.1. The van der Waals surface area contributed by atoms with Crippen LogP contribution in [0.25, 0.3) is 0 Å². The molecule has 0 aliphatic rings. The molecule has 2 amide bonds. The molecule has 0 aliphatic carbocycles. The van der Waals surface area contributed by atoms with Crippen LogP contribution in [0.4, 0.5) is 10.5 Å². The van der Waals surface area contributed by atoms with E-state index in [1.165, 1.54) is 5.56 Å². The predicted octanol–water partition coefficient (Wildman–Crippen LogP) is 4.35. The van der Waals surface area contributed by atoms with Crippen LogP contribution in [0.5, 0.6) is 5.75 Å². The van der Waals surface area contributed by atoms with Crippen molar-refractivity contribution < 1.29 is 9.53 Å². The van der Waals surface area contributed by atoms with Crippen molar-refractivity contribution in [3.63, 3.8) is 0 Å². The van der Waals surface area contributed by atoms with E-state index in [0.29, 0.717) is 30.5 Å². The number of ether oxygens (including phenoxy) is 1. The summed E-state index contributed by atoms with van der Waals surface area (Å²) in [7, 11) is 0. The topological polar surface area (TPSA) is 50.4 Å². The van der Waals surface area contributed by atoms with Crippen molar-refractivity contribution >= 4 is 11.7 Å². The van der Waals surface area contributed by atoms with Crippen molar-refractivity contribution in [3.8, 4) is 5.75 Å². The first-order valence-corrected chi connectivity index (χ1v) is 7.87. The van der Waals surface area contributed by atoms with Crippen molar-refractivity contribution in [1.29, 1.82) is 0 Å². The third-order valence-electron chi connectivity index (χ3n) is 3.28. The van der Waals surface area contributed by atoms with Crippen LogP contribution < -0.4 is 15.4 Å². The quantitative estimate of drug-likeness (QED) is 0.833. The van der Waals surface area contributed by atoms with E-state index < -0.39 is 0 Å². The highest BCUT2D eigenvalue weighted by molar-refractivity contribution is 5.90. The van der Waals surface area contributed by atoms with Crippen LogP contribution in [-0.4, -0.2) is 12.6 Å². The SMILES string of the molecule is Cc1ccc(CNC(=O)Nc2ccccc2OCC(C)C)cc1. The Bertz CT molecular complexity index is 636. The third-order valence-corrected chi connectivity index (χ3v) is 3.28. The summed E-state index contributed by atoms with van der Waals surface area (Å²) in [4.78, 5) is 12.1. The molecule has 4 nitrogen and oxygen atoms in total. The highest BCUT2D eigenvalue weighted by Gasteiger charge is 2.08. The average molecular weight is 312 g/mol. The Kier molecular flexibility index (Phi) is 6.03. The summed E-state index contributed by atoms with van der Waals surface area (Å²) in [5, 5.41) is 5.69. The van der Waals surface area contributed by atoms with Crippen LogP contribution in [0.3, 0.4) is 0 Å². The van der Waals surface area contributed by atoms with Gasteiger partial charge in [-0.25, -0.2) is 4.79 Å². The molecular weight excluding hydrogens is 288 g/mol. The van der Waals surface area contributed by atoms with Gasteiger partial charge in [0, 0.05) is 6.54 Å². The summed E-state index contributed by atoms with van der Waals surface area (Å²) in [6, 6.07) is 15.3. The smallest absolute Gasteiger partial charge is 0.319 e. The van der Waals surface area contributed by atoms with Crippen LogP contribution in [0.1, 0.15) is 25.0 Å². The molecule has 0 fully saturated rings. The van der Waals surface area contributed by atoms with Gasteiger partial charge in [0.15, 0.2) is 0 Å². The van der Waals surface area contributed by atoms with Crippen molar-refractivity contribution in [3.05, 3.63) is 59.7 Å². The first-order valence-electron chi connectivity index (χ1n) is 7.87. The van der Waals surface area contributed by atoms with Gasteiger partial charge in [-0.3, -0.25) is 0 Å². The number of amides is 2. The second-order valence-electron chi connectivity index (χ2n) is 5.99. The molecule has 0 aromatic heterocycles. The number of carbonyl (C=O) groups excluding carboxylic acids is 1. The van der Waals surface area contributed by atoms with Gasteiger partial charge in [0.05, 0.1) is 12.3 Å². The number of para-hydroxylation sites is 2. The number of rotatable bonds is 6. The molecule has 0 unspecified atom stereocenters. The fourth-order valence-electron chi connectivity index (χ4n) is 2.01. The van der Waals surface area contributed by atoms with Gasteiger partial charge >= 0.3 is 6.03 Å². The molecule has 2 aromatic rings. The number of anilines is 1. The van der Waals surface area contributed by atoms with Crippen LogP contribution in [0, 0.1) is 12.8 Å². The molecular formula is C19H24N2O2. The lowest BCUT2D eigenvalue weighted by Crippen LogP contribution is -2.28. The van der Waals surface area contributed by atoms with Gasteiger partial charge in [0.25, 0.3) is 0 Å². The summed E-state index contributed by atoms with van der Waals surface area (Å²) in [5.74, 6) is 1.12. The molecule has 2 N–H and O–H groups in total. The number of urea groups is 1. The zero-order chi connectivity index (χ0) is 16.7. The van der Waals surface area contributed by atoms with E-state index in [-0.39, 0.29) is 6.03 Å². The molecule has 122 valence electrons. The third kappa shape index (κ3) is 5.66. The Hall–Kier alpha value is -2.49. The number of aryl methyl sites for hydroxylation is 1. The first-order chi connectivity index (χ1) is 11.0. The van der Waals surface area contributed by atoms with Gasteiger partial charge in [-0.2, -0.15) is 0 Å². The Morgan fingerprint density at radius 1 is 1.09 bits per heavy atom. The molecule has 0 saturated heterocycles. The maximum absolute atomic E-state index is 12.1. The summed E-state index contributed by atoms with van der Waals surface area (Å²) < 4.78 is 5.73. The first kappa shape index (κ1) is 16.9. The largest absolute Gasteiger partial charge is 0.491 e. The van der Waals surface area contributed by atoms with E-state index >= 15 is 0 Å². The fourth-order valence-corrected chi connectivity index (χ4v) is 2.01. The minimum absolute atomic E-state index is 0.244. The van der Waals surface area contributed by atoms with Crippen LogP contribution in [-0.2, 0) is 6.54 Å². The molecule has 0 aliphatic heterocycles. The molecule has 4 heteroatoms. The lowest BCUT2D eigenvalue weighted by Gasteiger charge is -2.14. The van der Waals surface area contributed by atoms with E-state index in [1.807, 2.05) is 55.5 Å². The van der Waals surface area contributed by atoms with Gasteiger partial charge in [0.1, 0.15) is 5.75 Å². The zero-order valence-corrected chi connectivity index (χ0v) is 13.9. The molecule has 0 bridgehead atoms. The van der Waals surface area contributed by atoms with Gasteiger partial charge in [0.2, 0.25) is 0 Å². The summed E-state index contributed by atoms with van der Waals surface area (Å²) >= 11 is 0. The zero-order valence-electron chi connectivity index (χ0n) is 13.9. The van der Waals surface area contributed by atoms with Gasteiger partial charge < -0.3 is 15.4 Å². The summed E-state index contributed by atoms with van der Waals surface area (Å²) in [6.45, 7) is 7.32. The molecule has 0 radical (unpaired) electrons. The van der Waals surface area contributed by atoms with Crippen LogP contribution >= 0.6 is 0 Å². The summed E-state index contributed by atoms with van der Waals surface area (Å²) in [6.07, 6.45) is 0. The highest BCUT2D eigenvalue weighted by atomic mass is 16.5. The Labute approximate surface area is 137 Å². The maximum Gasteiger partial charge on any atom is 0.319 e. The molecule has 2 aromatic carbocycles. The molecule has 23 heavy (non-hydrogen) atoms. The molecule has 0 saturated carbocycles. The Morgan fingerprint density at radius 3 is 2.48 bits per heavy atom. The normalized spacial score (nSPS) is 10.4. The van der Waals surface area contributed by atoms with Crippen molar-refractivity contribution in [2.24, 2.45) is 5.92 Å². The second-order valence-corrected chi connectivity index (χ2v) is 5.99. The Balaban J connectivity index is 1.90. The van der Waals surface area contributed by atoms with Crippen LogP contribution in [0.15, 0.2) is 48.5 Å². The number of hydrogen-bond donors (Lipinski definition) is 2. The van der Waals surface area contributed by atoms with E-state index in [0.717, 1.165) is 5.56 Å². The number of hydrogen-bond acceptors (Lipinski definition) is 2. The number of nitrogens with one attached hydrogen (secondary N) is 2. The van der Waals surface area contributed by atoms with E-state index in [9.17, 15) is 4.79 Å². The fraction of sp³-hybridized carbons (Fsp3) is 0.316. The minimum atomic E-state index is -0.244. The van der Waals surface area contributed by atoms with E-state index in [4.69, 9.17) is 4.74 Å². The lowest BCUT2D eigenvalue weighted by molar-refractivity contribution is 0.251. The summed E-state index contributed by atoms with van der Waals surface area (Å²) in [5.41, 5.74) is 2.94. The van der Waals surface area contributed by atoms with Gasteiger partial charge in [-0.15, -0.1) is 0 Å². The van der Waals surface area contributed by atoms with Crippen molar-refractivity contribution in [2.75, 3.05) is 11.9 Å². The number of carbonyl (C=O) groups is 1. The minimum Gasteiger partial charge on any atom is -0.491 e. The molecule has 0 heterocycles. The van der Waals surface area contributed by atoms with Crippen molar-refractivity contribution in [2.45, 2.75) is 27.3 Å². The average Bonchev–Trinajstić information content (AvgIpc) is 2.53.